The zero-order chi connectivity index (χ0) is 14.5. The lowest BCUT2D eigenvalue weighted by molar-refractivity contribution is -0.144. The van der Waals surface area contributed by atoms with Crippen LogP contribution < -0.4 is 0 Å². The molecule has 0 spiro atoms. The molecular formula is C15H25NO4. The maximum absolute atomic E-state index is 12.3. The average molecular weight is 283 g/mol. The Morgan fingerprint density at radius 2 is 2.05 bits per heavy atom. The number of carboxylic acid groups (broad SMARTS) is 1. The zero-order valence-electron chi connectivity index (χ0n) is 12.2. The fourth-order valence-corrected chi connectivity index (χ4v) is 2.72. The van der Waals surface area contributed by atoms with Gasteiger partial charge in [0.2, 0.25) is 0 Å². The number of carboxylic acids is 1. The zero-order valence-corrected chi connectivity index (χ0v) is 12.2. The predicted molar refractivity (Wildman–Crippen MR) is 74.3 cm³/mol. The fraction of sp³-hybridized carbons (Fsp3) is 0.867. The highest BCUT2D eigenvalue weighted by Crippen LogP contribution is 2.29. The minimum absolute atomic E-state index is 0.0608. The van der Waals surface area contributed by atoms with Gasteiger partial charge in [0.25, 0.3) is 5.91 Å². The molecule has 5 heteroatoms. The molecule has 2 fully saturated rings. The highest BCUT2D eigenvalue weighted by molar-refractivity contribution is 5.80. The van der Waals surface area contributed by atoms with Gasteiger partial charge >= 0.3 is 5.97 Å². The van der Waals surface area contributed by atoms with Gasteiger partial charge in [0.1, 0.15) is 6.10 Å². The third-order valence-electron chi connectivity index (χ3n) is 4.22. The van der Waals surface area contributed by atoms with E-state index in [1.165, 1.54) is 12.8 Å². The fourth-order valence-electron chi connectivity index (χ4n) is 2.72. The molecular weight excluding hydrogens is 258 g/mol. The molecule has 5 nitrogen and oxygen atoms in total. The Hall–Kier alpha value is -1.10. The lowest BCUT2D eigenvalue weighted by Crippen LogP contribution is -2.45. The van der Waals surface area contributed by atoms with Crippen molar-refractivity contribution in [2.45, 2.75) is 51.6 Å². The van der Waals surface area contributed by atoms with Gasteiger partial charge in [-0.05, 0) is 50.9 Å². The topological polar surface area (TPSA) is 66.8 Å². The Bertz CT molecular complexity index is 354. The van der Waals surface area contributed by atoms with Crippen molar-refractivity contribution in [1.82, 2.24) is 4.90 Å². The molecule has 0 bridgehead atoms. The van der Waals surface area contributed by atoms with Crippen molar-refractivity contribution in [2.24, 2.45) is 11.8 Å². The number of nitrogens with zero attached hydrogens (tertiary/aromatic N) is 1. The van der Waals surface area contributed by atoms with Crippen LogP contribution in [0.3, 0.4) is 0 Å². The maximum Gasteiger partial charge on any atom is 0.303 e. The number of hydrogen-bond acceptors (Lipinski definition) is 3. The van der Waals surface area contributed by atoms with Crippen LogP contribution in [0.4, 0.5) is 0 Å². The van der Waals surface area contributed by atoms with E-state index in [0.717, 1.165) is 19.4 Å². The van der Waals surface area contributed by atoms with Crippen LogP contribution >= 0.6 is 0 Å². The Morgan fingerprint density at radius 1 is 1.30 bits per heavy atom. The number of hydrogen-bond donors (Lipinski definition) is 1. The van der Waals surface area contributed by atoms with E-state index >= 15 is 0 Å². The van der Waals surface area contributed by atoms with Crippen LogP contribution in [-0.4, -0.2) is 47.7 Å². The summed E-state index contributed by atoms with van der Waals surface area (Å²) in [6.45, 7) is 3.98. The summed E-state index contributed by atoms with van der Waals surface area (Å²) >= 11 is 0. The second-order valence-electron chi connectivity index (χ2n) is 6.14. The van der Waals surface area contributed by atoms with Gasteiger partial charge in [-0.2, -0.15) is 0 Å². The molecule has 0 unspecified atom stereocenters. The summed E-state index contributed by atoms with van der Waals surface area (Å²) in [5.41, 5.74) is 0. The Labute approximate surface area is 120 Å². The van der Waals surface area contributed by atoms with Crippen LogP contribution in [0.2, 0.25) is 0 Å². The first kappa shape index (κ1) is 15.3. The first-order valence-corrected chi connectivity index (χ1v) is 7.68. The molecule has 1 saturated heterocycles. The van der Waals surface area contributed by atoms with Crippen LogP contribution in [-0.2, 0) is 14.3 Å². The normalized spacial score (nSPS) is 24.4. The molecule has 0 aromatic carbocycles. The van der Waals surface area contributed by atoms with Gasteiger partial charge < -0.3 is 14.7 Å². The lowest BCUT2D eigenvalue weighted by Gasteiger charge is -2.34. The monoisotopic (exact) mass is 283 g/mol. The van der Waals surface area contributed by atoms with Gasteiger partial charge in [0.05, 0.1) is 6.61 Å². The standard InChI is InChI=1S/C15H25NO4/c1-11(20-10-13-4-5-13)15(19)16-8-2-3-12(9-16)6-7-14(17)18/h11-13H,2-10H2,1H3,(H,17,18)/t11-,12+/m1/s1. The van der Waals surface area contributed by atoms with Crippen molar-refractivity contribution >= 4 is 11.9 Å². The largest absolute Gasteiger partial charge is 0.481 e. The van der Waals surface area contributed by atoms with Crippen molar-refractivity contribution in [3.05, 3.63) is 0 Å². The lowest BCUT2D eigenvalue weighted by atomic mass is 9.93. The van der Waals surface area contributed by atoms with Gasteiger partial charge in [-0.15, -0.1) is 0 Å². The molecule has 1 N–H and O–H groups in total. The summed E-state index contributed by atoms with van der Waals surface area (Å²) in [6, 6.07) is 0. The number of aliphatic carboxylic acids is 1. The molecule has 0 radical (unpaired) electrons. The van der Waals surface area contributed by atoms with E-state index in [0.29, 0.717) is 31.4 Å². The maximum atomic E-state index is 12.3. The van der Waals surface area contributed by atoms with Crippen LogP contribution in [0.15, 0.2) is 0 Å². The molecule has 0 aromatic heterocycles. The summed E-state index contributed by atoms with van der Waals surface area (Å²) < 4.78 is 5.63. The Balaban J connectivity index is 1.74. The van der Waals surface area contributed by atoms with Crippen LogP contribution in [0.1, 0.15) is 45.4 Å². The van der Waals surface area contributed by atoms with Crippen molar-refractivity contribution < 1.29 is 19.4 Å². The quantitative estimate of drug-likeness (QED) is 0.775. The van der Waals surface area contributed by atoms with Crippen molar-refractivity contribution in [2.75, 3.05) is 19.7 Å². The smallest absolute Gasteiger partial charge is 0.303 e. The van der Waals surface area contributed by atoms with E-state index in [2.05, 4.69) is 0 Å². The van der Waals surface area contributed by atoms with Gasteiger partial charge in [-0.25, -0.2) is 0 Å². The number of ether oxygens (including phenoxy) is 1. The summed E-state index contributed by atoms with van der Waals surface area (Å²) in [7, 11) is 0. The first-order chi connectivity index (χ1) is 9.56. The van der Waals surface area contributed by atoms with E-state index in [4.69, 9.17) is 9.84 Å². The molecule has 1 aliphatic carbocycles. The van der Waals surface area contributed by atoms with Crippen molar-refractivity contribution in [1.29, 1.82) is 0 Å². The summed E-state index contributed by atoms with van der Waals surface area (Å²) in [6.07, 6.45) is 4.93. The first-order valence-electron chi connectivity index (χ1n) is 7.68. The number of carbonyl (C=O) groups excluding carboxylic acids is 1. The highest BCUT2D eigenvalue weighted by Gasteiger charge is 2.29. The SMILES string of the molecule is C[C@@H](OCC1CC1)C(=O)N1CCC[C@@H](CCC(=O)O)C1. The van der Waals surface area contributed by atoms with Crippen LogP contribution in [0.25, 0.3) is 0 Å². The Morgan fingerprint density at radius 3 is 2.70 bits per heavy atom. The minimum Gasteiger partial charge on any atom is -0.481 e. The molecule has 1 aliphatic heterocycles. The number of piperidine rings is 1. The Kier molecular flexibility index (Phi) is 5.40. The van der Waals surface area contributed by atoms with E-state index < -0.39 is 5.97 Å². The van der Waals surface area contributed by atoms with Gasteiger partial charge in [0, 0.05) is 19.5 Å². The predicted octanol–water partition coefficient (Wildman–Crippen LogP) is 1.90. The number of carbonyl (C=O) groups is 2. The minimum atomic E-state index is -0.755. The molecule has 2 atom stereocenters. The molecule has 0 aromatic rings. The van der Waals surface area contributed by atoms with E-state index in [1.54, 1.807) is 0 Å². The number of likely N-dealkylation sites (tertiary alicyclic amines) is 1. The van der Waals surface area contributed by atoms with Gasteiger partial charge in [0.15, 0.2) is 0 Å². The van der Waals surface area contributed by atoms with Gasteiger partial charge in [-0.1, -0.05) is 0 Å². The number of rotatable bonds is 7. The molecule has 1 saturated carbocycles. The molecule has 1 amide bonds. The second kappa shape index (κ2) is 7.07. The average Bonchev–Trinajstić information content (AvgIpc) is 3.26. The van der Waals surface area contributed by atoms with Crippen molar-refractivity contribution in [3.8, 4) is 0 Å². The second-order valence-corrected chi connectivity index (χ2v) is 6.14. The van der Waals surface area contributed by atoms with Crippen LogP contribution in [0, 0.1) is 11.8 Å². The van der Waals surface area contributed by atoms with E-state index in [9.17, 15) is 9.59 Å². The number of amides is 1. The summed E-state index contributed by atoms with van der Waals surface area (Å²) in [5.74, 6) is 0.287. The molecule has 2 rings (SSSR count). The van der Waals surface area contributed by atoms with E-state index in [-0.39, 0.29) is 18.4 Å². The van der Waals surface area contributed by atoms with Crippen molar-refractivity contribution in [3.63, 3.8) is 0 Å². The third-order valence-corrected chi connectivity index (χ3v) is 4.22. The molecule has 2 aliphatic rings. The van der Waals surface area contributed by atoms with E-state index in [1.807, 2.05) is 11.8 Å². The molecule has 20 heavy (non-hydrogen) atoms. The summed E-state index contributed by atoms with van der Waals surface area (Å²) in [5, 5.41) is 8.73. The molecule has 114 valence electrons. The third kappa shape index (κ3) is 4.78. The van der Waals surface area contributed by atoms with Gasteiger partial charge in [-0.3, -0.25) is 9.59 Å². The summed E-state index contributed by atoms with van der Waals surface area (Å²) in [4.78, 5) is 24.8. The van der Waals surface area contributed by atoms with Crippen LogP contribution in [0.5, 0.6) is 0 Å². The molecule has 1 heterocycles. The highest BCUT2D eigenvalue weighted by atomic mass is 16.5.